The van der Waals surface area contributed by atoms with Gasteiger partial charge < -0.3 is 10.4 Å². The van der Waals surface area contributed by atoms with Crippen molar-refractivity contribution >= 4 is 29.5 Å². The lowest BCUT2D eigenvalue weighted by Gasteiger charge is -2.26. The van der Waals surface area contributed by atoms with Gasteiger partial charge in [0.25, 0.3) is 6.47 Å². The molecule has 0 radical (unpaired) electrons. The summed E-state index contributed by atoms with van der Waals surface area (Å²) in [6.07, 6.45) is 3.12. The first-order chi connectivity index (χ1) is 13.3. The number of anilines is 1. The molecule has 1 unspecified atom stereocenters. The number of nitrogens with one attached hydrogen (secondary N) is 2. The summed E-state index contributed by atoms with van der Waals surface area (Å²) < 4.78 is 0. The number of aromatic amines is 1. The number of hydrogen-bond donors (Lipinski definition) is 3. The number of carbonyl (C=O) groups is 2. The summed E-state index contributed by atoms with van der Waals surface area (Å²) in [5, 5.41) is 19.6. The largest absolute Gasteiger partial charge is 0.483 e. The highest BCUT2D eigenvalue weighted by Crippen LogP contribution is 2.43. The zero-order valence-electron chi connectivity index (χ0n) is 16.6. The molecule has 152 valence electrons. The van der Waals surface area contributed by atoms with E-state index in [9.17, 15) is 4.79 Å². The molecule has 8 heteroatoms. The smallest absolute Gasteiger partial charge is 0.290 e. The minimum absolute atomic E-state index is 0.0312. The summed E-state index contributed by atoms with van der Waals surface area (Å²) in [5.74, 6) is 0.869. The molecule has 4 rings (SSSR count). The number of amides is 1. The first kappa shape index (κ1) is 20.5. The molecule has 1 amide bonds. The number of hydrogen-bond acceptors (Lipinski definition) is 5. The minimum Gasteiger partial charge on any atom is -0.483 e. The number of thiophene rings is 1. The number of fused-ring (bicyclic) bond motifs is 1. The number of likely N-dealkylation sites (tertiary alicyclic amines) is 1. The molecule has 3 N–H and O–H groups in total. The molecule has 0 aliphatic carbocycles. The lowest BCUT2D eigenvalue weighted by atomic mass is 9.82. The number of carbonyl (C=O) groups excluding carboxylic acids is 1. The van der Waals surface area contributed by atoms with Gasteiger partial charge in [-0.25, -0.2) is 0 Å². The fourth-order valence-electron chi connectivity index (χ4n) is 3.93. The van der Waals surface area contributed by atoms with Gasteiger partial charge in [0, 0.05) is 40.4 Å². The van der Waals surface area contributed by atoms with E-state index in [4.69, 9.17) is 9.90 Å². The Balaban J connectivity index is 0.000000706. The van der Waals surface area contributed by atoms with Crippen LogP contribution < -0.4 is 5.32 Å². The number of rotatable bonds is 3. The molecule has 0 bridgehead atoms. The van der Waals surface area contributed by atoms with Crippen LogP contribution in [0.5, 0.6) is 0 Å². The average Bonchev–Trinajstić information content (AvgIpc) is 3.34. The van der Waals surface area contributed by atoms with Gasteiger partial charge in [-0.2, -0.15) is 5.10 Å². The van der Waals surface area contributed by atoms with Gasteiger partial charge >= 0.3 is 0 Å². The molecule has 7 nitrogen and oxygen atoms in total. The van der Waals surface area contributed by atoms with Crippen molar-refractivity contribution in [2.75, 3.05) is 18.4 Å². The minimum atomic E-state index is -0.250. The van der Waals surface area contributed by atoms with Crippen molar-refractivity contribution in [3.8, 4) is 0 Å². The lowest BCUT2D eigenvalue weighted by molar-refractivity contribution is -0.123. The van der Waals surface area contributed by atoms with E-state index in [0.717, 1.165) is 12.2 Å². The third-order valence-electron chi connectivity index (χ3n) is 5.17. The molecule has 2 aliphatic heterocycles. The van der Waals surface area contributed by atoms with Crippen LogP contribution in [0.3, 0.4) is 0 Å². The van der Waals surface area contributed by atoms with Gasteiger partial charge in [-0.1, -0.05) is 20.8 Å². The molecule has 4 heterocycles. The summed E-state index contributed by atoms with van der Waals surface area (Å²) in [4.78, 5) is 24.3. The van der Waals surface area contributed by atoms with Crippen molar-refractivity contribution in [1.29, 1.82) is 0 Å². The average molecular weight is 405 g/mol. The second-order valence-corrected chi connectivity index (χ2v) is 9.30. The molecular weight excluding hydrogens is 376 g/mol. The van der Waals surface area contributed by atoms with Crippen LogP contribution in [0.4, 0.5) is 5.82 Å². The van der Waals surface area contributed by atoms with Crippen LogP contribution in [0.2, 0.25) is 0 Å². The number of nitrogens with zero attached hydrogens (tertiary/aromatic N) is 2. The van der Waals surface area contributed by atoms with Gasteiger partial charge in [-0.3, -0.25) is 19.6 Å². The van der Waals surface area contributed by atoms with Crippen molar-refractivity contribution < 1.29 is 14.7 Å². The van der Waals surface area contributed by atoms with Crippen molar-refractivity contribution in [1.82, 2.24) is 15.1 Å². The molecule has 2 aliphatic rings. The zero-order chi connectivity index (χ0) is 20.3. The van der Waals surface area contributed by atoms with E-state index in [2.05, 4.69) is 52.6 Å². The van der Waals surface area contributed by atoms with Crippen LogP contribution in [0.1, 0.15) is 67.6 Å². The van der Waals surface area contributed by atoms with Crippen LogP contribution in [0.15, 0.2) is 11.4 Å². The van der Waals surface area contributed by atoms with E-state index in [1.165, 1.54) is 41.9 Å². The van der Waals surface area contributed by atoms with Crippen LogP contribution in [0.25, 0.3) is 0 Å². The van der Waals surface area contributed by atoms with Gasteiger partial charge in [0.1, 0.15) is 0 Å². The Bertz CT molecular complexity index is 831. The van der Waals surface area contributed by atoms with Crippen molar-refractivity contribution in [3.05, 3.63) is 33.1 Å². The van der Waals surface area contributed by atoms with Crippen LogP contribution in [0, 0.1) is 0 Å². The summed E-state index contributed by atoms with van der Waals surface area (Å²) in [6, 6.07) is 2.30. The summed E-state index contributed by atoms with van der Waals surface area (Å²) in [7, 11) is 0. The van der Waals surface area contributed by atoms with E-state index in [0.29, 0.717) is 12.2 Å². The first-order valence-corrected chi connectivity index (χ1v) is 10.5. The summed E-state index contributed by atoms with van der Waals surface area (Å²) in [5.41, 5.74) is 3.63. The second-order valence-electron chi connectivity index (χ2n) is 8.36. The number of H-pyrrole nitrogens is 1. The second kappa shape index (κ2) is 8.45. The van der Waals surface area contributed by atoms with Crippen LogP contribution in [-0.2, 0) is 21.5 Å². The molecule has 1 fully saturated rings. The van der Waals surface area contributed by atoms with E-state index in [1.54, 1.807) is 11.3 Å². The standard InChI is InChI=1S/C19H26N4OS.CH2O2/c1-19(2,3)17-16-13(9-15(24)20-18(16)22-21-17)14-8-12(11-25-14)10-23-6-4-5-7-23;2-1-3/h8,11,13H,4-7,9-10H2,1-3H3,(H2,20,21,22,24);1H,(H,2,3). The van der Waals surface area contributed by atoms with Crippen LogP contribution >= 0.6 is 11.3 Å². The van der Waals surface area contributed by atoms with Gasteiger partial charge in [-0.05, 0) is 42.9 Å². The monoisotopic (exact) mass is 404 g/mol. The molecule has 0 spiro atoms. The summed E-state index contributed by atoms with van der Waals surface area (Å²) >= 11 is 1.78. The quantitative estimate of drug-likeness (QED) is 0.680. The fourth-order valence-corrected chi connectivity index (χ4v) is 4.94. The van der Waals surface area contributed by atoms with E-state index < -0.39 is 0 Å². The number of aromatic nitrogens is 2. The SMILES string of the molecule is CC(C)(C)c1[nH]nc2c1C(c1cc(CN3CCCC3)cs1)CC(=O)N2.O=CO. The molecular formula is C20H28N4O3S. The van der Waals surface area contributed by atoms with Gasteiger partial charge in [0.05, 0.1) is 0 Å². The zero-order valence-corrected chi connectivity index (χ0v) is 17.4. The Hall–Kier alpha value is -2.19. The maximum absolute atomic E-state index is 12.2. The maximum Gasteiger partial charge on any atom is 0.290 e. The fraction of sp³-hybridized carbons (Fsp3) is 0.550. The molecule has 0 saturated carbocycles. The van der Waals surface area contributed by atoms with Crippen molar-refractivity contribution in [2.24, 2.45) is 0 Å². The molecule has 0 aromatic carbocycles. The highest BCUT2D eigenvalue weighted by molar-refractivity contribution is 7.10. The van der Waals surface area contributed by atoms with Crippen LogP contribution in [-0.4, -0.2) is 45.7 Å². The molecule has 1 atom stereocenters. The Labute approximate surface area is 169 Å². The normalized spacial score (nSPS) is 19.5. The van der Waals surface area contributed by atoms with Crippen molar-refractivity contribution in [2.45, 2.75) is 57.9 Å². The van der Waals surface area contributed by atoms with E-state index in [-0.39, 0.29) is 23.7 Å². The lowest BCUT2D eigenvalue weighted by Crippen LogP contribution is -2.25. The number of carboxylic acid groups (broad SMARTS) is 1. The third-order valence-corrected chi connectivity index (χ3v) is 6.27. The first-order valence-electron chi connectivity index (χ1n) is 9.59. The maximum atomic E-state index is 12.2. The Morgan fingerprint density at radius 3 is 2.68 bits per heavy atom. The Morgan fingerprint density at radius 1 is 1.36 bits per heavy atom. The van der Waals surface area contributed by atoms with E-state index in [1.807, 2.05) is 0 Å². The topological polar surface area (TPSA) is 98.3 Å². The van der Waals surface area contributed by atoms with Crippen molar-refractivity contribution in [3.63, 3.8) is 0 Å². The predicted octanol–water partition coefficient (Wildman–Crippen LogP) is 3.54. The third kappa shape index (κ3) is 4.44. The molecule has 2 aromatic heterocycles. The summed E-state index contributed by atoms with van der Waals surface area (Å²) in [6.45, 7) is 9.73. The Kier molecular flexibility index (Phi) is 6.20. The highest BCUT2D eigenvalue weighted by Gasteiger charge is 2.35. The van der Waals surface area contributed by atoms with E-state index >= 15 is 0 Å². The van der Waals surface area contributed by atoms with Gasteiger partial charge in [-0.15, -0.1) is 11.3 Å². The molecule has 1 saturated heterocycles. The van der Waals surface area contributed by atoms with Gasteiger partial charge in [0.2, 0.25) is 5.91 Å². The Morgan fingerprint density at radius 2 is 2.04 bits per heavy atom. The van der Waals surface area contributed by atoms with Gasteiger partial charge in [0.15, 0.2) is 5.82 Å². The predicted molar refractivity (Wildman–Crippen MR) is 110 cm³/mol. The molecule has 2 aromatic rings. The molecule has 28 heavy (non-hydrogen) atoms. The highest BCUT2D eigenvalue weighted by atomic mass is 32.1.